The molecule has 0 bridgehead atoms. The van der Waals surface area contributed by atoms with E-state index in [1.165, 1.54) is 0 Å². The van der Waals surface area contributed by atoms with Crippen molar-refractivity contribution < 1.29 is 4.74 Å². The van der Waals surface area contributed by atoms with Gasteiger partial charge in [0.05, 0.1) is 12.7 Å². The second kappa shape index (κ2) is 4.40. The van der Waals surface area contributed by atoms with E-state index in [1.807, 2.05) is 0 Å². The lowest BCUT2D eigenvalue weighted by molar-refractivity contribution is 0.00320. The number of ether oxygens (including phenoxy) is 1. The van der Waals surface area contributed by atoms with Gasteiger partial charge in [-0.3, -0.25) is 0 Å². The summed E-state index contributed by atoms with van der Waals surface area (Å²) < 4.78 is 5.66. The third-order valence-corrected chi connectivity index (χ3v) is 2.17. The molecule has 13 heavy (non-hydrogen) atoms. The molecule has 2 N–H and O–H groups in total. The molecule has 0 aromatic rings. The Hall–Kier alpha value is -0.120. The Bertz CT molecular complexity index is 147. The fourth-order valence-corrected chi connectivity index (χ4v) is 1.68. The van der Waals surface area contributed by atoms with Crippen molar-refractivity contribution in [1.29, 1.82) is 0 Å². The smallest absolute Gasteiger partial charge is 0.0850 e. The van der Waals surface area contributed by atoms with Crippen LogP contribution in [0, 0.1) is 0 Å². The highest BCUT2D eigenvalue weighted by molar-refractivity contribution is 4.83. The first-order chi connectivity index (χ1) is 5.99. The molecule has 0 aliphatic carbocycles. The van der Waals surface area contributed by atoms with Crippen molar-refractivity contribution in [1.82, 2.24) is 10.6 Å². The molecule has 2 atom stereocenters. The van der Waals surface area contributed by atoms with Crippen LogP contribution < -0.4 is 10.6 Å². The van der Waals surface area contributed by atoms with Crippen molar-refractivity contribution in [2.75, 3.05) is 19.7 Å². The van der Waals surface area contributed by atoms with Crippen molar-refractivity contribution in [3.8, 4) is 0 Å². The van der Waals surface area contributed by atoms with Gasteiger partial charge in [-0.05, 0) is 27.7 Å². The predicted octanol–water partition coefficient (Wildman–Crippen LogP) is 0.751. The van der Waals surface area contributed by atoms with Crippen LogP contribution in [0.3, 0.4) is 0 Å². The Morgan fingerprint density at radius 3 is 2.62 bits per heavy atom. The van der Waals surface area contributed by atoms with E-state index in [0.29, 0.717) is 12.1 Å². The van der Waals surface area contributed by atoms with Crippen molar-refractivity contribution in [2.45, 2.75) is 45.4 Å². The lowest BCUT2D eigenvalue weighted by Crippen LogP contribution is -2.54. The molecule has 1 aliphatic rings. The summed E-state index contributed by atoms with van der Waals surface area (Å²) in [5.41, 5.74) is 0.167. The van der Waals surface area contributed by atoms with Crippen molar-refractivity contribution in [3.05, 3.63) is 0 Å². The number of hydrogen-bond donors (Lipinski definition) is 2. The number of morpholine rings is 1. The molecule has 1 fully saturated rings. The highest BCUT2D eigenvalue weighted by Gasteiger charge is 2.23. The van der Waals surface area contributed by atoms with Crippen molar-refractivity contribution in [2.24, 2.45) is 0 Å². The van der Waals surface area contributed by atoms with Gasteiger partial charge in [-0.15, -0.1) is 0 Å². The Morgan fingerprint density at radius 1 is 1.46 bits per heavy atom. The van der Waals surface area contributed by atoms with Gasteiger partial charge in [-0.25, -0.2) is 0 Å². The fourth-order valence-electron chi connectivity index (χ4n) is 1.68. The molecule has 1 aliphatic heterocycles. The number of nitrogens with one attached hydrogen (secondary N) is 2. The van der Waals surface area contributed by atoms with Crippen LogP contribution in [0.1, 0.15) is 27.7 Å². The Labute approximate surface area is 81.2 Å². The molecular weight excluding hydrogens is 164 g/mol. The third kappa shape index (κ3) is 4.07. The third-order valence-electron chi connectivity index (χ3n) is 2.17. The molecule has 1 heterocycles. The first kappa shape index (κ1) is 11.0. The Morgan fingerprint density at radius 2 is 2.15 bits per heavy atom. The van der Waals surface area contributed by atoms with E-state index >= 15 is 0 Å². The molecule has 3 heteroatoms. The van der Waals surface area contributed by atoms with Crippen molar-refractivity contribution >= 4 is 0 Å². The van der Waals surface area contributed by atoms with E-state index < -0.39 is 0 Å². The van der Waals surface area contributed by atoms with Gasteiger partial charge in [0.2, 0.25) is 0 Å². The molecule has 0 radical (unpaired) electrons. The van der Waals surface area contributed by atoms with Crippen LogP contribution in [-0.2, 0) is 4.74 Å². The van der Waals surface area contributed by atoms with Gasteiger partial charge in [0.1, 0.15) is 0 Å². The van der Waals surface area contributed by atoms with Gasteiger partial charge in [0, 0.05) is 24.7 Å². The summed E-state index contributed by atoms with van der Waals surface area (Å²) in [6, 6.07) is 0.410. The molecule has 0 spiro atoms. The standard InChI is InChI=1S/C10H22N2O/c1-8(12-10(2,3)4)9-7-11-5-6-13-9/h8-9,11-12H,5-7H2,1-4H3. The Balaban J connectivity index is 2.33. The Kier molecular flexibility index (Phi) is 3.71. The minimum atomic E-state index is 0.167. The van der Waals surface area contributed by atoms with Crippen LogP contribution >= 0.6 is 0 Å². The molecule has 0 aromatic carbocycles. The molecule has 0 amide bonds. The minimum Gasteiger partial charge on any atom is -0.374 e. The molecule has 0 saturated carbocycles. The highest BCUT2D eigenvalue weighted by atomic mass is 16.5. The summed E-state index contributed by atoms with van der Waals surface area (Å²) in [6.45, 7) is 11.5. The number of hydrogen-bond acceptors (Lipinski definition) is 3. The quantitative estimate of drug-likeness (QED) is 0.668. The summed E-state index contributed by atoms with van der Waals surface area (Å²) >= 11 is 0. The summed E-state index contributed by atoms with van der Waals surface area (Å²) in [4.78, 5) is 0. The van der Waals surface area contributed by atoms with Crippen molar-refractivity contribution in [3.63, 3.8) is 0 Å². The normalized spacial score (nSPS) is 27.2. The molecule has 2 unspecified atom stereocenters. The van der Waals surface area contributed by atoms with Gasteiger partial charge in [-0.2, -0.15) is 0 Å². The maximum atomic E-state index is 5.66. The lowest BCUT2D eigenvalue weighted by atomic mass is 10.0. The first-order valence-corrected chi connectivity index (χ1v) is 5.09. The second-order valence-corrected chi connectivity index (χ2v) is 4.80. The van der Waals surface area contributed by atoms with E-state index in [4.69, 9.17) is 4.74 Å². The summed E-state index contributed by atoms with van der Waals surface area (Å²) in [7, 11) is 0. The molecule has 0 aromatic heterocycles. The maximum absolute atomic E-state index is 5.66. The van der Waals surface area contributed by atoms with Crippen LogP contribution in [-0.4, -0.2) is 37.4 Å². The zero-order valence-electron chi connectivity index (χ0n) is 9.18. The average Bonchev–Trinajstić information content (AvgIpc) is 2.03. The zero-order chi connectivity index (χ0) is 9.90. The predicted molar refractivity (Wildman–Crippen MR) is 55.0 cm³/mol. The van der Waals surface area contributed by atoms with Gasteiger partial charge in [0.15, 0.2) is 0 Å². The number of rotatable bonds is 2. The maximum Gasteiger partial charge on any atom is 0.0850 e. The average molecular weight is 186 g/mol. The van der Waals surface area contributed by atoms with Crippen LogP contribution in [0.4, 0.5) is 0 Å². The zero-order valence-corrected chi connectivity index (χ0v) is 9.18. The van der Waals surface area contributed by atoms with Gasteiger partial charge in [0.25, 0.3) is 0 Å². The van der Waals surface area contributed by atoms with Gasteiger partial charge < -0.3 is 15.4 Å². The van der Waals surface area contributed by atoms with Crippen LogP contribution in [0.25, 0.3) is 0 Å². The van der Waals surface area contributed by atoms with Crippen LogP contribution in [0.15, 0.2) is 0 Å². The molecule has 78 valence electrons. The second-order valence-electron chi connectivity index (χ2n) is 4.80. The lowest BCUT2D eigenvalue weighted by Gasteiger charge is -2.34. The van der Waals surface area contributed by atoms with E-state index in [2.05, 4.69) is 38.3 Å². The summed E-state index contributed by atoms with van der Waals surface area (Å²) in [6.07, 6.45) is 0.313. The van der Waals surface area contributed by atoms with E-state index in [1.54, 1.807) is 0 Å². The summed E-state index contributed by atoms with van der Waals surface area (Å²) in [5.74, 6) is 0. The topological polar surface area (TPSA) is 33.3 Å². The monoisotopic (exact) mass is 186 g/mol. The largest absolute Gasteiger partial charge is 0.374 e. The minimum absolute atomic E-state index is 0.167. The van der Waals surface area contributed by atoms with E-state index in [9.17, 15) is 0 Å². The van der Waals surface area contributed by atoms with E-state index in [-0.39, 0.29) is 5.54 Å². The van der Waals surface area contributed by atoms with Gasteiger partial charge in [-0.1, -0.05) is 0 Å². The van der Waals surface area contributed by atoms with Gasteiger partial charge >= 0.3 is 0 Å². The highest BCUT2D eigenvalue weighted by Crippen LogP contribution is 2.07. The molecule has 3 nitrogen and oxygen atoms in total. The SMILES string of the molecule is CC(NC(C)(C)C)C1CNCCO1. The first-order valence-electron chi connectivity index (χ1n) is 5.09. The molecule has 1 saturated heterocycles. The molecular formula is C10H22N2O. The summed E-state index contributed by atoms with van der Waals surface area (Å²) in [5, 5.41) is 6.86. The fraction of sp³-hybridized carbons (Fsp3) is 1.00. The van der Waals surface area contributed by atoms with Crippen LogP contribution in [0.5, 0.6) is 0 Å². The molecule has 1 rings (SSSR count). The van der Waals surface area contributed by atoms with E-state index in [0.717, 1.165) is 19.7 Å². The van der Waals surface area contributed by atoms with Crippen LogP contribution in [0.2, 0.25) is 0 Å².